The van der Waals surface area contributed by atoms with Gasteiger partial charge in [0.1, 0.15) is 10.8 Å². The van der Waals surface area contributed by atoms with E-state index in [9.17, 15) is 14.9 Å². The minimum Gasteiger partial charge on any atom is -0.300 e. The van der Waals surface area contributed by atoms with E-state index in [1.807, 2.05) is 0 Å². The van der Waals surface area contributed by atoms with Crippen LogP contribution in [0.25, 0.3) is 10.6 Å². The van der Waals surface area contributed by atoms with E-state index in [4.69, 9.17) is 0 Å². The number of aromatic nitrogens is 1. The zero-order chi connectivity index (χ0) is 13.1. The molecule has 0 amide bonds. The first kappa shape index (κ1) is 12.4. The Morgan fingerprint density at radius 1 is 1.39 bits per heavy atom. The van der Waals surface area contributed by atoms with E-state index in [1.165, 1.54) is 30.4 Å². The SMILES string of the molecule is CC(=O)Cc1cnc(-c2ccc([N+](=O)[O-])cc2)s1. The summed E-state index contributed by atoms with van der Waals surface area (Å²) in [5, 5.41) is 11.3. The van der Waals surface area contributed by atoms with Crippen molar-refractivity contribution in [1.29, 1.82) is 0 Å². The molecule has 6 heteroatoms. The van der Waals surface area contributed by atoms with Gasteiger partial charge in [-0.05, 0) is 19.1 Å². The smallest absolute Gasteiger partial charge is 0.269 e. The van der Waals surface area contributed by atoms with Crippen LogP contribution in [-0.2, 0) is 11.2 Å². The fraction of sp³-hybridized carbons (Fsp3) is 0.167. The highest BCUT2D eigenvalue weighted by atomic mass is 32.1. The Balaban J connectivity index is 2.23. The molecular formula is C12H10N2O3S. The quantitative estimate of drug-likeness (QED) is 0.627. The van der Waals surface area contributed by atoms with Gasteiger partial charge in [0, 0.05) is 35.2 Å². The van der Waals surface area contributed by atoms with Crippen LogP contribution in [0.3, 0.4) is 0 Å². The number of carbonyl (C=O) groups excluding carboxylic acids is 1. The van der Waals surface area contributed by atoms with E-state index < -0.39 is 4.92 Å². The van der Waals surface area contributed by atoms with Crippen molar-refractivity contribution in [2.75, 3.05) is 0 Å². The minimum atomic E-state index is -0.438. The number of Topliss-reactive ketones (excluding diaryl/α,β-unsaturated/α-hetero) is 1. The zero-order valence-electron chi connectivity index (χ0n) is 9.62. The van der Waals surface area contributed by atoms with Crippen molar-refractivity contribution in [3.63, 3.8) is 0 Å². The number of nitro benzene ring substituents is 1. The molecule has 1 aromatic heterocycles. The summed E-state index contributed by atoms with van der Waals surface area (Å²) in [6.45, 7) is 1.53. The summed E-state index contributed by atoms with van der Waals surface area (Å²) in [4.78, 5) is 26.2. The molecule has 0 spiro atoms. The highest BCUT2D eigenvalue weighted by Crippen LogP contribution is 2.27. The summed E-state index contributed by atoms with van der Waals surface area (Å²) in [6.07, 6.45) is 2.05. The number of hydrogen-bond donors (Lipinski definition) is 0. The van der Waals surface area contributed by atoms with Crippen LogP contribution >= 0.6 is 11.3 Å². The molecule has 2 rings (SSSR count). The van der Waals surface area contributed by atoms with Crippen LogP contribution in [0.15, 0.2) is 30.5 Å². The van der Waals surface area contributed by atoms with Gasteiger partial charge < -0.3 is 0 Å². The van der Waals surface area contributed by atoms with E-state index >= 15 is 0 Å². The monoisotopic (exact) mass is 262 g/mol. The molecule has 2 aromatic rings. The van der Waals surface area contributed by atoms with Gasteiger partial charge in [-0.3, -0.25) is 14.9 Å². The van der Waals surface area contributed by atoms with Crippen LogP contribution in [0, 0.1) is 10.1 Å². The Hall–Kier alpha value is -2.08. The molecule has 0 radical (unpaired) electrons. The topological polar surface area (TPSA) is 73.1 Å². The predicted octanol–water partition coefficient (Wildman–Crippen LogP) is 2.85. The third kappa shape index (κ3) is 2.78. The van der Waals surface area contributed by atoms with Gasteiger partial charge in [0.25, 0.3) is 5.69 Å². The summed E-state index contributed by atoms with van der Waals surface area (Å²) in [6, 6.07) is 6.21. The minimum absolute atomic E-state index is 0.0549. The van der Waals surface area contributed by atoms with Crippen LogP contribution in [0.5, 0.6) is 0 Å². The van der Waals surface area contributed by atoms with Crippen LogP contribution < -0.4 is 0 Å². The lowest BCUT2D eigenvalue weighted by atomic mass is 10.2. The summed E-state index contributed by atoms with van der Waals surface area (Å²) in [5.74, 6) is 0.0916. The van der Waals surface area contributed by atoms with Crippen molar-refractivity contribution in [1.82, 2.24) is 4.98 Å². The summed E-state index contributed by atoms with van der Waals surface area (Å²) in [5.41, 5.74) is 0.875. The number of nitro groups is 1. The highest BCUT2D eigenvalue weighted by molar-refractivity contribution is 7.15. The molecule has 1 aromatic carbocycles. The maximum absolute atomic E-state index is 11.0. The number of carbonyl (C=O) groups is 1. The number of ketones is 1. The van der Waals surface area contributed by atoms with Gasteiger partial charge in [-0.2, -0.15) is 0 Å². The lowest BCUT2D eigenvalue weighted by molar-refractivity contribution is -0.384. The Kier molecular flexibility index (Phi) is 3.47. The number of rotatable bonds is 4. The van der Waals surface area contributed by atoms with E-state index in [2.05, 4.69) is 4.98 Å². The highest BCUT2D eigenvalue weighted by Gasteiger charge is 2.09. The van der Waals surface area contributed by atoms with Gasteiger partial charge in [0.15, 0.2) is 0 Å². The van der Waals surface area contributed by atoms with Gasteiger partial charge in [-0.15, -0.1) is 11.3 Å². The van der Waals surface area contributed by atoms with Gasteiger partial charge >= 0.3 is 0 Å². The largest absolute Gasteiger partial charge is 0.300 e. The molecule has 0 fully saturated rings. The molecule has 0 saturated carbocycles. The lowest BCUT2D eigenvalue weighted by Gasteiger charge is -1.95. The molecule has 1 heterocycles. The number of hydrogen-bond acceptors (Lipinski definition) is 5. The molecule has 0 bridgehead atoms. The average Bonchev–Trinajstić information content (AvgIpc) is 2.76. The zero-order valence-corrected chi connectivity index (χ0v) is 10.4. The van der Waals surface area contributed by atoms with Gasteiger partial charge in [-0.1, -0.05) is 0 Å². The van der Waals surface area contributed by atoms with E-state index in [0.717, 1.165) is 15.4 Å². The van der Waals surface area contributed by atoms with E-state index in [0.29, 0.717) is 6.42 Å². The maximum atomic E-state index is 11.0. The lowest BCUT2D eigenvalue weighted by Crippen LogP contribution is -1.92. The molecular weight excluding hydrogens is 252 g/mol. The van der Waals surface area contributed by atoms with Crippen molar-refractivity contribution < 1.29 is 9.72 Å². The first-order valence-corrected chi connectivity index (χ1v) is 6.07. The predicted molar refractivity (Wildman–Crippen MR) is 68.6 cm³/mol. The summed E-state index contributed by atoms with van der Waals surface area (Å²) < 4.78 is 0. The molecule has 0 aliphatic rings. The Morgan fingerprint density at radius 2 is 2.06 bits per heavy atom. The Labute approximate surface area is 107 Å². The number of thiazole rings is 1. The molecule has 0 aliphatic carbocycles. The number of benzene rings is 1. The second-order valence-corrected chi connectivity index (χ2v) is 4.93. The van der Waals surface area contributed by atoms with Gasteiger partial charge in [-0.25, -0.2) is 4.98 Å². The summed E-state index contributed by atoms with van der Waals surface area (Å²) in [7, 11) is 0. The van der Waals surface area contributed by atoms with Crippen molar-refractivity contribution in [3.05, 3.63) is 45.5 Å². The molecule has 0 saturated heterocycles. The Morgan fingerprint density at radius 3 is 2.61 bits per heavy atom. The van der Waals surface area contributed by atoms with Crippen LogP contribution in [-0.4, -0.2) is 15.7 Å². The van der Waals surface area contributed by atoms with Crippen LogP contribution in [0.4, 0.5) is 5.69 Å². The van der Waals surface area contributed by atoms with Crippen molar-refractivity contribution in [3.8, 4) is 10.6 Å². The molecule has 0 unspecified atom stereocenters. The van der Waals surface area contributed by atoms with Crippen molar-refractivity contribution in [2.45, 2.75) is 13.3 Å². The maximum Gasteiger partial charge on any atom is 0.269 e. The molecule has 18 heavy (non-hydrogen) atoms. The third-order valence-electron chi connectivity index (χ3n) is 2.30. The van der Waals surface area contributed by atoms with E-state index in [1.54, 1.807) is 18.3 Å². The Bertz CT molecular complexity index is 590. The normalized spacial score (nSPS) is 10.3. The summed E-state index contributed by atoms with van der Waals surface area (Å²) >= 11 is 1.43. The van der Waals surface area contributed by atoms with Crippen molar-refractivity contribution in [2.24, 2.45) is 0 Å². The first-order chi connectivity index (χ1) is 8.56. The standard InChI is InChI=1S/C12H10N2O3S/c1-8(15)6-11-7-13-12(18-11)9-2-4-10(5-3-9)14(16)17/h2-5,7H,6H2,1H3. The second kappa shape index (κ2) is 5.05. The van der Waals surface area contributed by atoms with Crippen LogP contribution in [0.2, 0.25) is 0 Å². The molecule has 0 aliphatic heterocycles. The number of nitrogens with zero attached hydrogens (tertiary/aromatic N) is 2. The number of non-ortho nitro benzene ring substituents is 1. The molecule has 92 valence electrons. The second-order valence-electron chi connectivity index (χ2n) is 3.81. The molecule has 5 nitrogen and oxygen atoms in total. The van der Waals surface area contributed by atoms with Crippen LogP contribution in [0.1, 0.15) is 11.8 Å². The average molecular weight is 262 g/mol. The van der Waals surface area contributed by atoms with Crippen molar-refractivity contribution >= 4 is 22.8 Å². The molecule has 0 atom stereocenters. The van der Waals surface area contributed by atoms with E-state index in [-0.39, 0.29) is 11.5 Å². The van der Waals surface area contributed by atoms with Gasteiger partial charge in [0.2, 0.25) is 0 Å². The van der Waals surface area contributed by atoms with Gasteiger partial charge in [0.05, 0.1) is 4.92 Å². The first-order valence-electron chi connectivity index (χ1n) is 5.25. The fourth-order valence-electron chi connectivity index (χ4n) is 1.49. The third-order valence-corrected chi connectivity index (χ3v) is 3.35. The molecule has 0 N–H and O–H groups in total. The fourth-order valence-corrected chi connectivity index (χ4v) is 2.48.